The van der Waals surface area contributed by atoms with E-state index in [4.69, 9.17) is 4.74 Å². The molecule has 8 heteroatoms. The van der Waals surface area contributed by atoms with Crippen LogP contribution in [0.4, 0.5) is 5.69 Å². The molecule has 154 valence electrons. The van der Waals surface area contributed by atoms with Crippen molar-refractivity contribution >= 4 is 28.5 Å². The molecule has 0 saturated heterocycles. The Morgan fingerprint density at radius 2 is 1.52 bits per heavy atom. The van der Waals surface area contributed by atoms with Gasteiger partial charge in [-0.05, 0) is 36.0 Å². The maximum Gasteiger partial charge on any atom is 0.365 e. The Morgan fingerprint density at radius 1 is 0.903 bits per heavy atom. The van der Waals surface area contributed by atoms with Crippen molar-refractivity contribution < 1.29 is 9.53 Å². The lowest BCUT2D eigenvalue weighted by Gasteiger charge is -2.11. The molecule has 0 radical (unpaired) electrons. The Kier molecular flexibility index (Phi) is 6.39. The quantitative estimate of drug-likeness (QED) is 0.164. The number of carbonyl (C=O) groups is 1. The molecule has 0 saturated carbocycles. The van der Waals surface area contributed by atoms with E-state index in [1.165, 1.54) is 7.11 Å². The first kappa shape index (κ1) is 20.4. The van der Waals surface area contributed by atoms with Gasteiger partial charge in [-0.15, -0.1) is 10.2 Å². The summed E-state index contributed by atoms with van der Waals surface area (Å²) in [6.45, 7) is 0. The van der Waals surface area contributed by atoms with Crippen LogP contribution in [0.2, 0.25) is 0 Å². The molecular weight excluding hydrogens is 410 g/mol. The van der Waals surface area contributed by atoms with E-state index in [0.717, 1.165) is 28.7 Å². The van der Waals surface area contributed by atoms with E-state index >= 15 is 0 Å². The fourth-order valence-electron chi connectivity index (χ4n) is 2.83. The standard InChI is InChI=1S/C23H19N5O2S/c1-30-22(29)21(26-24-18-13-7-3-8-14-18)31-23-27-25-20(17-11-5-2-6-12-17)28(23)19-15-9-4-10-16-19/h2-16,24H,1H3/b26-21-. The number of nitrogens with zero attached hydrogens (tertiary/aromatic N) is 4. The summed E-state index contributed by atoms with van der Waals surface area (Å²) in [6.07, 6.45) is 0. The Morgan fingerprint density at radius 3 is 2.16 bits per heavy atom. The van der Waals surface area contributed by atoms with Gasteiger partial charge in [0.2, 0.25) is 10.2 Å². The lowest BCUT2D eigenvalue weighted by atomic mass is 10.2. The number of thioether (sulfide) groups is 1. The van der Waals surface area contributed by atoms with Gasteiger partial charge in [0.25, 0.3) is 0 Å². The second-order valence-electron chi connectivity index (χ2n) is 6.33. The number of carbonyl (C=O) groups excluding carboxylic acids is 1. The minimum atomic E-state index is -0.572. The lowest BCUT2D eigenvalue weighted by molar-refractivity contribution is -0.132. The van der Waals surface area contributed by atoms with Crippen LogP contribution in [0.25, 0.3) is 17.1 Å². The molecule has 7 nitrogen and oxygen atoms in total. The minimum Gasteiger partial charge on any atom is -0.464 e. The van der Waals surface area contributed by atoms with Gasteiger partial charge in [-0.1, -0.05) is 66.7 Å². The molecule has 31 heavy (non-hydrogen) atoms. The summed E-state index contributed by atoms with van der Waals surface area (Å²) < 4.78 is 6.81. The molecule has 0 unspecified atom stereocenters. The van der Waals surface area contributed by atoms with Gasteiger partial charge in [0.1, 0.15) is 0 Å². The van der Waals surface area contributed by atoms with Gasteiger partial charge >= 0.3 is 5.97 Å². The highest BCUT2D eigenvalue weighted by molar-refractivity contribution is 8.15. The average Bonchev–Trinajstić information content (AvgIpc) is 3.26. The van der Waals surface area contributed by atoms with Crippen molar-refractivity contribution in [3.63, 3.8) is 0 Å². The number of para-hydroxylation sites is 2. The van der Waals surface area contributed by atoms with Gasteiger partial charge in [0.05, 0.1) is 12.8 Å². The molecule has 0 amide bonds. The highest BCUT2D eigenvalue weighted by Crippen LogP contribution is 2.29. The van der Waals surface area contributed by atoms with Crippen molar-refractivity contribution in [1.82, 2.24) is 14.8 Å². The molecular formula is C23H19N5O2S. The topological polar surface area (TPSA) is 81.4 Å². The maximum atomic E-state index is 12.4. The van der Waals surface area contributed by atoms with Crippen LogP contribution in [0.15, 0.2) is 101 Å². The van der Waals surface area contributed by atoms with Crippen LogP contribution in [0.3, 0.4) is 0 Å². The molecule has 1 N–H and O–H groups in total. The van der Waals surface area contributed by atoms with Gasteiger partial charge in [0, 0.05) is 11.3 Å². The summed E-state index contributed by atoms with van der Waals surface area (Å²) in [5.41, 5.74) is 5.41. The number of methoxy groups -OCH3 is 1. The number of esters is 1. The van der Waals surface area contributed by atoms with E-state index in [1.54, 1.807) is 0 Å². The van der Waals surface area contributed by atoms with Crippen molar-refractivity contribution in [2.75, 3.05) is 12.5 Å². The third-order valence-corrected chi connectivity index (χ3v) is 5.19. The zero-order chi connectivity index (χ0) is 21.5. The summed E-state index contributed by atoms with van der Waals surface area (Å²) in [4.78, 5) is 12.4. The van der Waals surface area contributed by atoms with Crippen molar-refractivity contribution in [3.8, 4) is 17.1 Å². The molecule has 1 heterocycles. The van der Waals surface area contributed by atoms with Gasteiger partial charge in [-0.25, -0.2) is 4.79 Å². The summed E-state index contributed by atoms with van der Waals surface area (Å²) in [6, 6.07) is 28.8. The number of anilines is 1. The van der Waals surface area contributed by atoms with Crippen LogP contribution < -0.4 is 5.43 Å². The highest BCUT2D eigenvalue weighted by atomic mass is 32.2. The van der Waals surface area contributed by atoms with Gasteiger partial charge < -0.3 is 4.74 Å². The normalized spacial score (nSPS) is 11.2. The molecule has 0 atom stereocenters. The van der Waals surface area contributed by atoms with Crippen molar-refractivity contribution in [2.45, 2.75) is 5.16 Å². The van der Waals surface area contributed by atoms with Crippen LogP contribution >= 0.6 is 11.8 Å². The fraction of sp³-hybridized carbons (Fsp3) is 0.0435. The van der Waals surface area contributed by atoms with Crippen LogP contribution in [0.1, 0.15) is 0 Å². The molecule has 0 aliphatic heterocycles. The zero-order valence-electron chi connectivity index (χ0n) is 16.7. The van der Waals surface area contributed by atoms with E-state index in [0.29, 0.717) is 11.0 Å². The molecule has 0 fully saturated rings. The van der Waals surface area contributed by atoms with Gasteiger partial charge in [0.15, 0.2) is 5.82 Å². The van der Waals surface area contributed by atoms with Crippen LogP contribution in [-0.4, -0.2) is 32.9 Å². The van der Waals surface area contributed by atoms with E-state index in [9.17, 15) is 4.79 Å². The second-order valence-corrected chi connectivity index (χ2v) is 7.29. The first-order chi connectivity index (χ1) is 15.3. The summed E-state index contributed by atoms with van der Waals surface area (Å²) in [5, 5.41) is 13.6. The lowest BCUT2D eigenvalue weighted by Crippen LogP contribution is -2.15. The molecule has 0 aliphatic rings. The number of ether oxygens (including phenoxy) is 1. The average molecular weight is 430 g/mol. The van der Waals surface area contributed by atoms with E-state index in [-0.39, 0.29) is 5.04 Å². The molecule has 1 aromatic heterocycles. The van der Waals surface area contributed by atoms with E-state index in [2.05, 4.69) is 20.7 Å². The predicted molar refractivity (Wildman–Crippen MR) is 122 cm³/mol. The van der Waals surface area contributed by atoms with Crippen LogP contribution in [0.5, 0.6) is 0 Å². The second kappa shape index (κ2) is 9.73. The minimum absolute atomic E-state index is 0.107. The molecule has 4 rings (SSSR count). The highest BCUT2D eigenvalue weighted by Gasteiger charge is 2.22. The Balaban J connectivity index is 1.74. The fourth-order valence-corrected chi connectivity index (χ4v) is 3.63. The number of rotatable bonds is 5. The Labute approximate surface area is 183 Å². The van der Waals surface area contributed by atoms with Crippen molar-refractivity contribution in [3.05, 3.63) is 91.0 Å². The van der Waals surface area contributed by atoms with Gasteiger partial charge in [-0.2, -0.15) is 5.10 Å². The number of hydrazone groups is 1. The zero-order valence-corrected chi connectivity index (χ0v) is 17.5. The summed E-state index contributed by atoms with van der Waals surface area (Å²) in [5.74, 6) is 0.0897. The third-order valence-electron chi connectivity index (χ3n) is 4.29. The van der Waals surface area contributed by atoms with E-state index < -0.39 is 5.97 Å². The molecule has 0 bridgehead atoms. The molecule has 0 spiro atoms. The SMILES string of the molecule is COC(=O)/C(=N/Nc1ccccc1)Sc1nnc(-c2ccccc2)n1-c1ccccc1. The number of hydrogen-bond donors (Lipinski definition) is 1. The number of aromatic nitrogens is 3. The monoisotopic (exact) mass is 429 g/mol. The summed E-state index contributed by atoms with van der Waals surface area (Å²) >= 11 is 1.08. The number of nitrogens with one attached hydrogen (secondary N) is 1. The third kappa shape index (κ3) is 4.81. The smallest absolute Gasteiger partial charge is 0.365 e. The first-order valence-corrected chi connectivity index (χ1v) is 10.3. The van der Waals surface area contributed by atoms with Crippen molar-refractivity contribution in [2.24, 2.45) is 5.10 Å². The molecule has 4 aromatic rings. The van der Waals surface area contributed by atoms with Crippen LogP contribution in [0, 0.1) is 0 Å². The summed E-state index contributed by atoms with van der Waals surface area (Å²) in [7, 11) is 1.32. The van der Waals surface area contributed by atoms with Crippen molar-refractivity contribution in [1.29, 1.82) is 0 Å². The Hall–Kier alpha value is -3.91. The molecule has 3 aromatic carbocycles. The maximum absolute atomic E-state index is 12.4. The Bertz CT molecular complexity index is 1180. The first-order valence-electron chi connectivity index (χ1n) is 9.47. The van der Waals surface area contributed by atoms with Gasteiger partial charge in [-0.3, -0.25) is 9.99 Å². The van der Waals surface area contributed by atoms with E-state index in [1.807, 2.05) is 95.6 Å². The number of hydrogen-bond acceptors (Lipinski definition) is 7. The largest absolute Gasteiger partial charge is 0.464 e. The number of benzene rings is 3. The molecule has 0 aliphatic carbocycles. The van der Waals surface area contributed by atoms with Crippen LogP contribution in [-0.2, 0) is 9.53 Å². The predicted octanol–water partition coefficient (Wildman–Crippen LogP) is 4.63.